The molecule has 0 aromatic heterocycles. The monoisotopic (exact) mass is 375 g/mol. The average molecular weight is 375 g/mol. The minimum atomic E-state index is -0.181. The normalized spacial score (nSPS) is 11.5. The molecule has 0 radical (unpaired) electrons. The maximum absolute atomic E-state index is 12.7. The molecule has 2 aromatic rings. The average Bonchev–Trinajstić information content (AvgIpc) is 2.66. The molecule has 0 fully saturated rings. The molecule has 6 nitrogen and oxygen atoms in total. The van der Waals surface area contributed by atoms with E-state index in [1.807, 2.05) is 51.0 Å². The van der Waals surface area contributed by atoms with Gasteiger partial charge >= 0.3 is 0 Å². The van der Waals surface area contributed by atoms with E-state index in [2.05, 4.69) is 5.32 Å². The highest BCUT2D eigenvalue weighted by atomic mass is 16.3. The maximum Gasteiger partial charge on any atom is 0.226 e. The molecule has 0 atom stereocenters. The molecular weight excluding hydrogens is 354 g/mol. The number of fused-ring (bicyclic) bond motifs is 4. The quantitative estimate of drug-likeness (QED) is 0.431. The third-order valence-electron chi connectivity index (χ3n) is 4.76. The molecule has 1 N–H and O–H groups in total. The summed E-state index contributed by atoms with van der Waals surface area (Å²) in [6, 6.07) is 12.5. The van der Waals surface area contributed by atoms with E-state index in [4.69, 9.17) is 9.40 Å². The summed E-state index contributed by atoms with van der Waals surface area (Å²) in [7, 11) is 3.89. The first-order valence-corrected chi connectivity index (χ1v) is 9.13. The molecule has 2 aliphatic rings. The summed E-state index contributed by atoms with van der Waals surface area (Å²) < 4.78 is 6.03. The number of amides is 1. The number of hydrogen-bond donors (Lipinski definition) is 1. The summed E-state index contributed by atoms with van der Waals surface area (Å²) >= 11 is 0. The van der Waals surface area contributed by atoms with Crippen LogP contribution in [0.2, 0.25) is 0 Å². The number of anilines is 2. The minimum absolute atomic E-state index is 0.120. The lowest BCUT2D eigenvalue weighted by atomic mass is 10.0. The summed E-state index contributed by atoms with van der Waals surface area (Å²) in [6.07, 6.45) is 0. The van der Waals surface area contributed by atoms with E-state index in [1.165, 1.54) is 6.07 Å². The zero-order valence-electron chi connectivity index (χ0n) is 16.2. The van der Waals surface area contributed by atoms with Gasteiger partial charge < -0.3 is 14.6 Å². The number of hydrogen-bond acceptors (Lipinski definition) is 5. The lowest BCUT2D eigenvalue weighted by Gasteiger charge is -2.16. The molecule has 1 heterocycles. The van der Waals surface area contributed by atoms with Gasteiger partial charge in [-0.15, -0.1) is 0 Å². The van der Waals surface area contributed by atoms with Gasteiger partial charge in [0.2, 0.25) is 5.91 Å². The number of benzene rings is 3. The highest BCUT2D eigenvalue weighted by molar-refractivity contribution is 6.08. The van der Waals surface area contributed by atoms with Gasteiger partial charge in [0.15, 0.2) is 16.8 Å². The molecule has 6 heteroatoms. The van der Waals surface area contributed by atoms with Gasteiger partial charge in [0.25, 0.3) is 0 Å². The van der Waals surface area contributed by atoms with Crippen molar-refractivity contribution < 1.29 is 9.21 Å². The van der Waals surface area contributed by atoms with Gasteiger partial charge in [-0.1, -0.05) is 26.0 Å². The van der Waals surface area contributed by atoms with Gasteiger partial charge in [-0.3, -0.25) is 9.59 Å². The van der Waals surface area contributed by atoms with Crippen molar-refractivity contribution in [3.05, 3.63) is 52.7 Å². The largest absolute Gasteiger partial charge is 0.453 e. The van der Waals surface area contributed by atoms with Crippen molar-refractivity contribution in [2.45, 2.75) is 13.8 Å². The zero-order chi connectivity index (χ0) is 20.0. The Kier molecular flexibility index (Phi) is 4.26. The third kappa shape index (κ3) is 2.97. The number of rotatable bonds is 3. The van der Waals surface area contributed by atoms with Crippen LogP contribution in [0, 0.1) is 5.92 Å². The topological polar surface area (TPSA) is 75.4 Å². The van der Waals surface area contributed by atoms with Gasteiger partial charge in [-0.25, -0.2) is 4.98 Å². The lowest BCUT2D eigenvalue weighted by Crippen LogP contribution is -2.18. The van der Waals surface area contributed by atoms with Crippen LogP contribution in [0.1, 0.15) is 13.8 Å². The van der Waals surface area contributed by atoms with Crippen molar-refractivity contribution in [2.24, 2.45) is 5.92 Å². The Balaban J connectivity index is 2.04. The van der Waals surface area contributed by atoms with Crippen LogP contribution in [0.15, 0.2) is 51.7 Å². The van der Waals surface area contributed by atoms with E-state index >= 15 is 0 Å². The number of nitrogens with zero attached hydrogens (tertiary/aromatic N) is 2. The zero-order valence-corrected chi connectivity index (χ0v) is 16.2. The molecule has 0 unspecified atom stereocenters. The summed E-state index contributed by atoms with van der Waals surface area (Å²) in [4.78, 5) is 31.6. The second-order valence-corrected chi connectivity index (χ2v) is 7.35. The van der Waals surface area contributed by atoms with E-state index in [-0.39, 0.29) is 17.3 Å². The van der Waals surface area contributed by atoms with Crippen molar-refractivity contribution in [1.29, 1.82) is 0 Å². The second-order valence-electron chi connectivity index (χ2n) is 7.35. The SMILES string of the molecule is CC(C)C(=O)Nc1cccc2c(=O)cc3oc4cc(N(C)C)ccc4nc-3c12. The summed E-state index contributed by atoms with van der Waals surface area (Å²) in [5.41, 5.74) is 3.21. The second kappa shape index (κ2) is 6.64. The van der Waals surface area contributed by atoms with Crippen LogP contribution in [0.3, 0.4) is 0 Å². The molecule has 0 spiro atoms. The highest BCUT2D eigenvalue weighted by Crippen LogP contribution is 2.35. The molecule has 4 rings (SSSR count). The van der Waals surface area contributed by atoms with Crippen molar-refractivity contribution in [2.75, 3.05) is 24.3 Å². The van der Waals surface area contributed by atoms with Gasteiger partial charge in [0, 0.05) is 48.6 Å². The number of nitrogens with one attached hydrogen (secondary N) is 1. The van der Waals surface area contributed by atoms with Crippen LogP contribution in [-0.4, -0.2) is 25.0 Å². The van der Waals surface area contributed by atoms with Crippen molar-refractivity contribution in [3.8, 4) is 11.5 Å². The summed E-state index contributed by atoms with van der Waals surface area (Å²) in [5, 5.41) is 4.01. The van der Waals surface area contributed by atoms with Crippen LogP contribution >= 0.6 is 0 Å². The van der Waals surface area contributed by atoms with Gasteiger partial charge in [-0.05, 0) is 18.2 Å². The van der Waals surface area contributed by atoms with Crippen LogP contribution in [0.4, 0.5) is 11.4 Å². The van der Waals surface area contributed by atoms with E-state index in [1.54, 1.807) is 18.2 Å². The van der Waals surface area contributed by atoms with Crippen molar-refractivity contribution in [3.63, 3.8) is 0 Å². The fourth-order valence-corrected chi connectivity index (χ4v) is 3.17. The number of aromatic nitrogens is 1. The molecule has 28 heavy (non-hydrogen) atoms. The lowest BCUT2D eigenvalue weighted by molar-refractivity contribution is -0.118. The van der Waals surface area contributed by atoms with Crippen molar-refractivity contribution >= 4 is 39.2 Å². The van der Waals surface area contributed by atoms with Crippen LogP contribution < -0.4 is 15.6 Å². The van der Waals surface area contributed by atoms with E-state index in [0.717, 1.165) is 5.69 Å². The van der Waals surface area contributed by atoms with E-state index in [0.29, 0.717) is 39.0 Å². The molecule has 1 aliphatic carbocycles. The van der Waals surface area contributed by atoms with Crippen LogP contribution in [-0.2, 0) is 4.79 Å². The Hall–Kier alpha value is -3.41. The maximum atomic E-state index is 12.7. The van der Waals surface area contributed by atoms with Crippen LogP contribution in [0.5, 0.6) is 0 Å². The molecule has 2 aromatic carbocycles. The number of carbonyl (C=O) groups excluding carboxylic acids is 1. The molecule has 142 valence electrons. The smallest absolute Gasteiger partial charge is 0.226 e. The van der Waals surface area contributed by atoms with E-state index in [9.17, 15) is 9.59 Å². The first-order chi connectivity index (χ1) is 13.3. The van der Waals surface area contributed by atoms with Gasteiger partial charge in [-0.2, -0.15) is 0 Å². The van der Waals surface area contributed by atoms with E-state index < -0.39 is 0 Å². The molecule has 1 amide bonds. The molecule has 0 bridgehead atoms. The Labute approximate surface area is 162 Å². The molecule has 1 aliphatic heterocycles. The predicted octanol–water partition coefficient (Wildman–Crippen LogP) is 4.11. The molecular formula is C22H21N3O3. The third-order valence-corrected chi connectivity index (χ3v) is 4.76. The van der Waals surface area contributed by atoms with Crippen LogP contribution in [0.25, 0.3) is 33.3 Å². The summed E-state index contributed by atoms with van der Waals surface area (Å²) in [5.74, 6) is 0.0948. The molecule has 0 saturated heterocycles. The molecule has 0 saturated carbocycles. The Morgan fingerprint density at radius 1 is 1.14 bits per heavy atom. The number of carbonyl (C=O) groups is 1. The first-order valence-electron chi connectivity index (χ1n) is 9.13. The Bertz CT molecular complexity index is 1240. The Morgan fingerprint density at radius 2 is 1.93 bits per heavy atom. The fraction of sp³-hybridized carbons (Fsp3) is 0.227. The first kappa shape index (κ1) is 18.0. The highest BCUT2D eigenvalue weighted by Gasteiger charge is 2.20. The minimum Gasteiger partial charge on any atom is -0.453 e. The summed E-state index contributed by atoms with van der Waals surface area (Å²) in [6.45, 7) is 3.64. The standard InChI is InChI=1S/C22H21N3O3/c1-12(2)22(27)24-16-7-5-6-14-17(26)11-19-21(20(14)16)23-15-9-8-13(25(3)4)10-18(15)28-19/h5-12H,1-4H3,(H,24,27). The van der Waals surface area contributed by atoms with Gasteiger partial charge in [0.1, 0.15) is 11.2 Å². The Morgan fingerprint density at radius 3 is 2.64 bits per heavy atom. The van der Waals surface area contributed by atoms with Crippen molar-refractivity contribution in [1.82, 2.24) is 4.98 Å². The predicted molar refractivity (Wildman–Crippen MR) is 112 cm³/mol. The van der Waals surface area contributed by atoms with Gasteiger partial charge in [0.05, 0.1) is 5.69 Å². The fourth-order valence-electron chi connectivity index (χ4n) is 3.17.